The average molecular weight is 338 g/mol. The summed E-state index contributed by atoms with van der Waals surface area (Å²) < 4.78 is 16.2. The molecule has 0 atom stereocenters. The third-order valence-electron chi connectivity index (χ3n) is 4.77. The molecule has 0 fully saturated rings. The third-order valence-corrected chi connectivity index (χ3v) is 4.77. The van der Waals surface area contributed by atoms with Crippen LogP contribution in [-0.2, 0) is 6.42 Å². The lowest BCUT2D eigenvalue weighted by molar-refractivity contribution is 0.104. The first-order chi connectivity index (χ1) is 12.0. The molecule has 0 amide bonds. The summed E-state index contributed by atoms with van der Waals surface area (Å²) in [6.45, 7) is 4.07. The molecule has 0 bridgehead atoms. The van der Waals surface area contributed by atoms with Gasteiger partial charge in [0.05, 0.1) is 21.3 Å². The van der Waals surface area contributed by atoms with E-state index in [1.807, 2.05) is 38.1 Å². The Morgan fingerprint density at radius 3 is 2.28 bits per heavy atom. The highest BCUT2D eigenvalue weighted by Gasteiger charge is 2.27. The van der Waals surface area contributed by atoms with Crippen LogP contribution in [0.15, 0.2) is 29.8 Å². The zero-order valence-electron chi connectivity index (χ0n) is 15.2. The van der Waals surface area contributed by atoms with E-state index < -0.39 is 0 Å². The molecule has 0 aliphatic heterocycles. The van der Waals surface area contributed by atoms with Crippen LogP contribution in [0.3, 0.4) is 0 Å². The van der Waals surface area contributed by atoms with Gasteiger partial charge in [0.15, 0.2) is 17.3 Å². The lowest BCUT2D eigenvalue weighted by atomic mass is 10.0. The molecule has 0 aromatic heterocycles. The molecule has 0 radical (unpaired) electrons. The molecule has 3 rings (SSSR count). The largest absolute Gasteiger partial charge is 0.496 e. The minimum Gasteiger partial charge on any atom is -0.496 e. The van der Waals surface area contributed by atoms with E-state index in [9.17, 15) is 4.79 Å². The molecule has 4 heteroatoms. The van der Waals surface area contributed by atoms with E-state index in [-0.39, 0.29) is 5.78 Å². The Labute approximate surface area is 148 Å². The molecular formula is C21H22O4. The van der Waals surface area contributed by atoms with Gasteiger partial charge >= 0.3 is 0 Å². The maximum Gasteiger partial charge on any atom is 0.189 e. The van der Waals surface area contributed by atoms with Crippen LogP contribution in [0.4, 0.5) is 0 Å². The van der Waals surface area contributed by atoms with Gasteiger partial charge in [-0.15, -0.1) is 0 Å². The second-order valence-electron chi connectivity index (χ2n) is 6.17. The Morgan fingerprint density at radius 2 is 1.64 bits per heavy atom. The van der Waals surface area contributed by atoms with E-state index in [2.05, 4.69) is 0 Å². The quantitative estimate of drug-likeness (QED) is 0.786. The summed E-state index contributed by atoms with van der Waals surface area (Å²) in [6.07, 6.45) is 2.50. The van der Waals surface area contributed by atoms with Crippen molar-refractivity contribution in [2.24, 2.45) is 0 Å². The Bertz CT molecular complexity index is 878. The van der Waals surface area contributed by atoms with Crippen LogP contribution in [0.2, 0.25) is 0 Å². The molecule has 0 saturated carbocycles. The van der Waals surface area contributed by atoms with Crippen molar-refractivity contribution in [3.05, 3.63) is 57.7 Å². The Morgan fingerprint density at radius 1 is 0.960 bits per heavy atom. The standard InChI is InChI=1S/C21H22O4/c1-12-6-7-14(21(25-5)13(12)2)8-16-9-15-10-18(23-3)19(24-4)11-17(15)20(16)22/h6-8,10-11H,9H2,1-5H3/b16-8+. The highest BCUT2D eigenvalue weighted by atomic mass is 16.5. The van der Waals surface area contributed by atoms with Crippen molar-refractivity contribution in [2.45, 2.75) is 20.3 Å². The highest BCUT2D eigenvalue weighted by molar-refractivity contribution is 6.16. The number of carbonyl (C=O) groups is 1. The van der Waals surface area contributed by atoms with Crippen LogP contribution in [-0.4, -0.2) is 27.1 Å². The minimum absolute atomic E-state index is 0.0243. The first-order valence-corrected chi connectivity index (χ1v) is 8.14. The first-order valence-electron chi connectivity index (χ1n) is 8.14. The second-order valence-corrected chi connectivity index (χ2v) is 6.17. The van der Waals surface area contributed by atoms with Gasteiger partial charge in [-0.05, 0) is 48.7 Å². The fourth-order valence-corrected chi connectivity index (χ4v) is 3.24. The zero-order valence-corrected chi connectivity index (χ0v) is 15.2. The summed E-state index contributed by atoms with van der Waals surface area (Å²) in [5.74, 6) is 2.04. The van der Waals surface area contributed by atoms with E-state index in [0.29, 0.717) is 23.5 Å². The number of rotatable bonds is 4. The van der Waals surface area contributed by atoms with E-state index in [1.165, 1.54) is 0 Å². The van der Waals surface area contributed by atoms with E-state index >= 15 is 0 Å². The molecule has 1 aliphatic rings. The smallest absolute Gasteiger partial charge is 0.189 e. The number of hydrogen-bond acceptors (Lipinski definition) is 4. The lowest BCUT2D eigenvalue weighted by Crippen LogP contribution is -1.98. The van der Waals surface area contributed by atoms with Gasteiger partial charge in [0.1, 0.15) is 5.75 Å². The van der Waals surface area contributed by atoms with Crippen molar-refractivity contribution < 1.29 is 19.0 Å². The van der Waals surface area contributed by atoms with Crippen molar-refractivity contribution >= 4 is 11.9 Å². The average Bonchev–Trinajstić information content (AvgIpc) is 2.92. The number of aryl methyl sites for hydroxylation is 1. The molecule has 0 spiro atoms. The van der Waals surface area contributed by atoms with Crippen molar-refractivity contribution in [1.29, 1.82) is 0 Å². The number of carbonyl (C=O) groups excluding carboxylic acids is 1. The van der Waals surface area contributed by atoms with E-state index in [0.717, 1.165) is 33.6 Å². The number of benzene rings is 2. The van der Waals surface area contributed by atoms with Crippen LogP contribution in [0.1, 0.15) is 32.6 Å². The predicted molar refractivity (Wildman–Crippen MR) is 98.0 cm³/mol. The van der Waals surface area contributed by atoms with Crippen molar-refractivity contribution in [3.8, 4) is 17.2 Å². The molecule has 2 aromatic carbocycles. The summed E-state index contributed by atoms with van der Waals surface area (Å²) in [5, 5.41) is 0. The molecule has 0 heterocycles. The van der Waals surface area contributed by atoms with Gasteiger partial charge in [0.25, 0.3) is 0 Å². The molecule has 0 unspecified atom stereocenters. The molecule has 4 nitrogen and oxygen atoms in total. The highest BCUT2D eigenvalue weighted by Crippen LogP contribution is 2.38. The first kappa shape index (κ1) is 17.1. The van der Waals surface area contributed by atoms with Crippen LogP contribution >= 0.6 is 0 Å². The predicted octanol–water partition coefficient (Wildman–Crippen LogP) is 4.15. The SMILES string of the molecule is COc1cc2c(cc1OC)C(=O)/C(=C/c1ccc(C)c(C)c1OC)C2. The van der Waals surface area contributed by atoms with Crippen LogP contribution in [0, 0.1) is 13.8 Å². The van der Waals surface area contributed by atoms with Gasteiger partial charge in [0.2, 0.25) is 0 Å². The van der Waals surface area contributed by atoms with Crippen LogP contribution < -0.4 is 14.2 Å². The summed E-state index contributed by atoms with van der Waals surface area (Å²) >= 11 is 0. The zero-order chi connectivity index (χ0) is 18.1. The Kier molecular flexibility index (Phi) is 4.53. The fourth-order valence-electron chi connectivity index (χ4n) is 3.24. The minimum atomic E-state index is 0.0243. The van der Waals surface area contributed by atoms with Crippen LogP contribution in [0.25, 0.3) is 6.08 Å². The monoisotopic (exact) mass is 338 g/mol. The van der Waals surface area contributed by atoms with Crippen molar-refractivity contribution in [3.63, 3.8) is 0 Å². The Hall–Kier alpha value is -2.75. The molecule has 0 saturated heterocycles. The number of methoxy groups -OCH3 is 3. The van der Waals surface area contributed by atoms with Crippen LogP contribution in [0.5, 0.6) is 17.2 Å². The topological polar surface area (TPSA) is 44.8 Å². The molecule has 0 N–H and O–H groups in total. The van der Waals surface area contributed by atoms with E-state index in [1.54, 1.807) is 27.4 Å². The maximum absolute atomic E-state index is 12.8. The number of Topliss-reactive ketones (excluding diaryl/α,β-unsaturated/α-hetero) is 1. The number of hydrogen-bond donors (Lipinski definition) is 0. The summed E-state index contributed by atoms with van der Waals surface area (Å²) in [7, 11) is 4.82. The van der Waals surface area contributed by atoms with Crippen molar-refractivity contribution in [1.82, 2.24) is 0 Å². The van der Waals surface area contributed by atoms with Gasteiger partial charge < -0.3 is 14.2 Å². The molecule has 2 aromatic rings. The number of allylic oxidation sites excluding steroid dienone is 1. The van der Waals surface area contributed by atoms with Gasteiger partial charge in [-0.1, -0.05) is 12.1 Å². The second kappa shape index (κ2) is 6.63. The van der Waals surface area contributed by atoms with Gasteiger partial charge in [-0.3, -0.25) is 4.79 Å². The maximum atomic E-state index is 12.8. The summed E-state index contributed by atoms with van der Waals surface area (Å²) in [4.78, 5) is 12.8. The fraction of sp³-hybridized carbons (Fsp3) is 0.286. The summed E-state index contributed by atoms with van der Waals surface area (Å²) in [5.41, 5.74) is 5.54. The van der Waals surface area contributed by atoms with Gasteiger partial charge in [0, 0.05) is 23.1 Å². The van der Waals surface area contributed by atoms with Crippen molar-refractivity contribution in [2.75, 3.05) is 21.3 Å². The Balaban J connectivity index is 2.05. The molecule has 25 heavy (non-hydrogen) atoms. The molecule has 130 valence electrons. The molecule has 1 aliphatic carbocycles. The van der Waals surface area contributed by atoms with Gasteiger partial charge in [-0.2, -0.15) is 0 Å². The third kappa shape index (κ3) is 2.88. The van der Waals surface area contributed by atoms with E-state index in [4.69, 9.17) is 14.2 Å². The number of ketones is 1. The number of fused-ring (bicyclic) bond motifs is 1. The normalized spacial score (nSPS) is 14.6. The summed E-state index contributed by atoms with van der Waals surface area (Å²) in [6, 6.07) is 7.67. The molecular weight excluding hydrogens is 316 g/mol. The number of ether oxygens (including phenoxy) is 3. The van der Waals surface area contributed by atoms with Gasteiger partial charge in [-0.25, -0.2) is 0 Å². The lowest BCUT2D eigenvalue weighted by Gasteiger charge is -2.11.